The quantitative estimate of drug-likeness (QED) is 0.480. The lowest BCUT2D eigenvalue weighted by molar-refractivity contribution is -0.167. The van der Waals surface area contributed by atoms with Crippen LogP contribution in [0.25, 0.3) is 21.0 Å². The van der Waals surface area contributed by atoms with E-state index in [2.05, 4.69) is 0 Å². The smallest absolute Gasteiger partial charge is 0.228 e. The monoisotopic (exact) mass is 284 g/mol. The highest BCUT2D eigenvalue weighted by Crippen LogP contribution is 2.60. The van der Waals surface area contributed by atoms with Gasteiger partial charge in [-0.05, 0) is 10.8 Å². The van der Waals surface area contributed by atoms with E-state index in [0.29, 0.717) is 10.2 Å². The lowest BCUT2D eigenvalue weighted by Gasteiger charge is -2.13. The molecule has 0 amide bonds. The molecule has 0 nitrogen and oxygen atoms in total. The van der Waals surface area contributed by atoms with E-state index in [9.17, 15) is 17.6 Å². The highest BCUT2D eigenvalue weighted by molar-refractivity contribution is 7.61. The zero-order chi connectivity index (χ0) is 13.6. The van der Waals surface area contributed by atoms with Crippen molar-refractivity contribution >= 4 is 28.5 Å². The summed E-state index contributed by atoms with van der Waals surface area (Å²) in [6.45, 7) is 0. The van der Waals surface area contributed by atoms with Gasteiger partial charge in [0.1, 0.15) is 0 Å². The zero-order valence-electron chi connectivity index (χ0n) is 9.66. The molecule has 3 aromatic rings. The second kappa shape index (κ2) is 4.24. The van der Waals surface area contributed by atoms with E-state index in [4.69, 9.17) is 0 Å². The standard InChI is InChI=1S/C14H9F4P/c15-13(14(16,17)18)19-11-7-3-1-5-9(11)10-6-2-4-8-12(10)19/h1-8,13H. The fourth-order valence-corrected chi connectivity index (χ4v) is 4.79. The fourth-order valence-electron chi connectivity index (χ4n) is 2.34. The lowest BCUT2D eigenvalue weighted by Crippen LogP contribution is -2.11. The molecule has 0 bridgehead atoms. The SMILES string of the molecule is FC(p1c2ccccc2c2ccccc21)C(F)(F)F. The molecule has 1 unspecified atom stereocenters. The van der Waals surface area contributed by atoms with Crippen LogP contribution in [0.4, 0.5) is 17.6 Å². The molecular formula is C14H9F4P. The number of halogens is 4. The molecule has 98 valence electrons. The van der Waals surface area contributed by atoms with Crippen LogP contribution >= 0.6 is 7.53 Å². The van der Waals surface area contributed by atoms with Crippen LogP contribution in [-0.2, 0) is 0 Å². The fraction of sp³-hybridized carbons (Fsp3) is 0.143. The predicted molar refractivity (Wildman–Crippen MR) is 70.4 cm³/mol. The van der Waals surface area contributed by atoms with Crippen LogP contribution in [0.3, 0.4) is 0 Å². The summed E-state index contributed by atoms with van der Waals surface area (Å²) >= 11 is 0. The second-order valence-electron chi connectivity index (χ2n) is 4.28. The van der Waals surface area contributed by atoms with Gasteiger partial charge in [-0.1, -0.05) is 56.1 Å². The van der Waals surface area contributed by atoms with Gasteiger partial charge in [0.2, 0.25) is 5.91 Å². The first-order valence-electron chi connectivity index (χ1n) is 5.68. The Morgan fingerprint density at radius 1 is 0.789 bits per heavy atom. The molecule has 0 spiro atoms. The number of alkyl halides is 4. The van der Waals surface area contributed by atoms with E-state index >= 15 is 0 Å². The summed E-state index contributed by atoms with van der Waals surface area (Å²) in [5.74, 6) is -2.81. The van der Waals surface area contributed by atoms with Gasteiger partial charge in [-0.2, -0.15) is 13.2 Å². The average molecular weight is 284 g/mol. The Bertz CT molecular complexity index is 689. The Morgan fingerprint density at radius 3 is 1.63 bits per heavy atom. The first-order valence-corrected chi connectivity index (χ1v) is 7.09. The van der Waals surface area contributed by atoms with Crippen molar-refractivity contribution in [2.75, 3.05) is 0 Å². The molecule has 0 N–H and O–H groups in total. The minimum absolute atomic E-state index is 0.475. The molecule has 0 fully saturated rings. The molecule has 19 heavy (non-hydrogen) atoms. The molecule has 1 aromatic heterocycles. The van der Waals surface area contributed by atoms with Gasteiger partial charge in [0, 0.05) is 10.2 Å². The predicted octanol–water partition coefficient (Wildman–Crippen LogP) is 6.01. The first kappa shape index (κ1) is 12.5. The van der Waals surface area contributed by atoms with Crippen LogP contribution in [0.2, 0.25) is 0 Å². The maximum absolute atomic E-state index is 13.9. The van der Waals surface area contributed by atoms with Gasteiger partial charge >= 0.3 is 6.18 Å². The van der Waals surface area contributed by atoms with E-state index in [1.54, 1.807) is 48.5 Å². The van der Waals surface area contributed by atoms with Crippen LogP contribution in [-0.4, -0.2) is 6.18 Å². The van der Waals surface area contributed by atoms with E-state index in [-0.39, 0.29) is 0 Å². The number of rotatable bonds is 1. The lowest BCUT2D eigenvalue weighted by atomic mass is 10.2. The molecule has 0 aliphatic rings. The van der Waals surface area contributed by atoms with Crippen molar-refractivity contribution in [3.63, 3.8) is 0 Å². The van der Waals surface area contributed by atoms with Crippen molar-refractivity contribution in [2.45, 2.75) is 12.1 Å². The Hall–Kier alpha value is -1.54. The summed E-state index contributed by atoms with van der Waals surface area (Å²) in [6.07, 6.45) is -4.82. The molecule has 3 rings (SSSR count). The normalized spacial score (nSPS) is 14.1. The van der Waals surface area contributed by atoms with E-state index in [0.717, 1.165) is 10.8 Å². The summed E-state index contributed by atoms with van der Waals surface area (Å²) in [7, 11) is -2.02. The van der Waals surface area contributed by atoms with Gasteiger partial charge in [0.25, 0.3) is 0 Å². The van der Waals surface area contributed by atoms with Crippen LogP contribution < -0.4 is 0 Å². The van der Waals surface area contributed by atoms with Crippen molar-refractivity contribution in [3.8, 4) is 0 Å². The summed E-state index contributed by atoms with van der Waals surface area (Å²) in [5, 5.41) is 2.39. The topological polar surface area (TPSA) is 0 Å². The highest BCUT2D eigenvalue weighted by Gasteiger charge is 2.43. The van der Waals surface area contributed by atoms with E-state index in [1.165, 1.54) is 0 Å². The van der Waals surface area contributed by atoms with Crippen LogP contribution in [0.1, 0.15) is 5.91 Å². The summed E-state index contributed by atoms with van der Waals surface area (Å²) in [5.41, 5.74) is 0. The van der Waals surface area contributed by atoms with Crippen molar-refractivity contribution in [2.24, 2.45) is 0 Å². The molecule has 0 saturated carbocycles. The van der Waals surface area contributed by atoms with Gasteiger partial charge in [-0.15, -0.1) is 0 Å². The van der Waals surface area contributed by atoms with Gasteiger partial charge in [0.15, 0.2) is 0 Å². The second-order valence-corrected chi connectivity index (χ2v) is 6.44. The molecule has 0 aliphatic heterocycles. The van der Waals surface area contributed by atoms with Gasteiger partial charge < -0.3 is 0 Å². The third kappa shape index (κ3) is 1.91. The summed E-state index contributed by atoms with van der Waals surface area (Å²) in [6, 6.07) is 13.5. The molecule has 0 aliphatic carbocycles. The molecule has 2 aromatic carbocycles. The number of benzene rings is 2. The van der Waals surface area contributed by atoms with Crippen LogP contribution in [0, 0.1) is 0 Å². The molecular weight excluding hydrogens is 275 g/mol. The summed E-state index contributed by atoms with van der Waals surface area (Å²) < 4.78 is 52.1. The van der Waals surface area contributed by atoms with Crippen molar-refractivity contribution in [1.82, 2.24) is 0 Å². The van der Waals surface area contributed by atoms with Gasteiger partial charge in [0.05, 0.1) is 0 Å². The van der Waals surface area contributed by atoms with Crippen LogP contribution in [0.5, 0.6) is 0 Å². The maximum Gasteiger partial charge on any atom is 0.427 e. The number of hydrogen-bond acceptors (Lipinski definition) is 0. The molecule has 1 atom stereocenters. The van der Waals surface area contributed by atoms with Crippen LogP contribution in [0.15, 0.2) is 48.5 Å². The minimum Gasteiger partial charge on any atom is -0.228 e. The molecule has 5 heteroatoms. The van der Waals surface area contributed by atoms with Gasteiger partial charge in [-0.25, -0.2) is 4.39 Å². The highest BCUT2D eigenvalue weighted by atomic mass is 31.1. The summed E-state index contributed by atoms with van der Waals surface area (Å²) in [4.78, 5) is 0. The van der Waals surface area contributed by atoms with Crippen molar-refractivity contribution in [1.29, 1.82) is 0 Å². The average Bonchev–Trinajstić information content (AvgIpc) is 2.71. The Balaban J connectivity index is 2.43. The van der Waals surface area contributed by atoms with Gasteiger partial charge in [-0.3, -0.25) is 0 Å². The largest absolute Gasteiger partial charge is 0.427 e. The van der Waals surface area contributed by atoms with Crippen molar-refractivity contribution in [3.05, 3.63) is 48.5 Å². The maximum atomic E-state index is 13.9. The molecule has 1 heterocycles. The first-order chi connectivity index (χ1) is 9.00. The molecule has 0 saturated heterocycles. The third-order valence-corrected chi connectivity index (χ3v) is 5.68. The molecule has 0 radical (unpaired) electrons. The van der Waals surface area contributed by atoms with Crippen molar-refractivity contribution < 1.29 is 17.6 Å². The number of hydrogen-bond donors (Lipinski definition) is 0. The Kier molecular flexibility index (Phi) is 2.79. The van der Waals surface area contributed by atoms with E-state index in [1.807, 2.05) is 0 Å². The Morgan fingerprint density at radius 2 is 1.21 bits per heavy atom. The Labute approximate surface area is 107 Å². The minimum atomic E-state index is -4.82. The van der Waals surface area contributed by atoms with E-state index < -0.39 is 19.6 Å². The number of fused-ring (bicyclic) bond motifs is 3. The third-order valence-electron chi connectivity index (χ3n) is 3.11. The zero-order valence-corrected chi connectivity index (χ0v) is 10.5.